The van der Waals surface area contributed by atoms with Gasteiger partial charge >= 0.3 is 0 Å². The van der Waals surface area contributed by atoms with E-state index >= 15 is 0 Å². The standard InChI is InChI=1S/C16H18ClFN2O3/c1-10-2-3-13(18)14(15(10)17)16(21)20-12(4-6-19)8-11-5-7-22-23-9-11/h2-3,5,7,9,12H,4,6,8,19H2,1H3,(H,20,21)/t12-/m1/s1. The molecule has 1 aliphatic heterocycles. The van der Waals surface area contributed by atoms with Crippen LogP contribution in [-0.2, 0) is 9.78 Å². The third kappa shape index (κ3) is 4.46. The molecular formula is C16H18ClFN2O3. The fourth-order valence-electron chi connectivity index (χ4n) is 2.23. The molecule has 1 aromatic rings. The molecule has 0 unspecified atom stereocenters. The molecule has 3 N–H and O–H groups in total. The maximum Gasteiger partial charge on any atom is 0.256 e. The number of aryl methyl sites for hydroxylation is 1. The van der Waals surface area contributed by atoms with Crippen molar-refractivity contribution in [2.24, 2.45) is 5.73 Å². The number of hydrogen-bond acceptors (Lipinski definition) is 4. The summed E-state index contributed by atoms with van der Waals surface area (Å²) in [6.07, 6.45) is 5.57. The fourth-order valence-corrected chi connectivity index (χ4v) is 2.46. The van der Waals surface area contributed by atoms with Crippen LogP contribution in [-0.4, -0.2) is 18.5 Å². The molecule has 7 heteroatoms. The SMILES string of the molecule is Cc1ccc(F)c(C(=O)N[C@H](CCN)CC2=COOC=C2)c1Cl. The van der Waals surface area contributed by atoms with E-state index in [0.717, 1.165) is 5.57 Å². The highest BCUT2D eigenvalue weighted by Gasteiger charge is 2.21. The van der Waals surface area contributed by atoms with E-state index in [4.69, 9.17) is 22.2 Å². The van der Waals surface area contributed by atoms with E-state index in [-0.39, 0.29) is 16.6 Å². The molecule has 0 aliphatic carbocycles. The Bertz CT molecular complexity index is 646. The van der Waals surface area contributed by atoms with Crippen LogP contribution in [0, 0.1) is 12.7 Å². The summed E-state index contributed by atoms with van der Waals surface area (Å²) in [6, 6.07) is 2.48. The molecule has 0 saturated carbocycles. The second kappa shape index (κ2) is 7.99. The number of halogens is 2. The summed E-state index contributed by atoms with van der Waals surface area (Å²) >= 11 is 6.06. The molecule has 1 aromatic carbocycles. The van der Waals surface area contributed by atoms with Gasteiger partial charge in [0.2, 0.25) is 0 Å². The Balaban J connectivity index is 2.13. The predicted octanol–water partition coefficient (Wildman–Crippen LogP) is 2.98. The average molecular weight is 341 g/mol. The van der Waals surface area contributed by atoms with Crippen molar-refractivity contribution in [3.8, 4) is 0 Å². The van der Waals surface area contributed by atoms with Crippen molar-refractivity contribution in [3.63, 3.8) is 0 Å². The largest absolute Gasteiger partial charge is 0.349 e. The van der Waals surface area contributed by atoms with Gasteiger partial charge in [-0.15, -0.1) is 0 Å². The predicted molar refractivity (Wildman–Crippen MR) is 85.1 cm³/mol. The molecule has 1 heterocycles. The molecule has 0 spiro atoms. The van der Waals surface area contributed by atoms with Crippen LogP contribution in [0.1, 0.15) is 28.8 Å². The second-order valence-electron chi connectivity index (χ2n) is 5.19. The number of amides is 1. The molecule has 0 saturated heterocycles. The molecule has 0 bridgehead atoms. The number of benzene rings is 1. The molecule has 0 fully saturated rings. The van der Waals surface area contributed by atoms with E-state index in [1.165, 1.54) is 24.7 Å². The van der Waals surface area contributed by atoms with Gasteiger partial charge in [0.25, 0.3) is 5.91 Å². The highest BCUT2D eigenvalue weighted by Crippen LogP contribution is 2.24. The van der Waals surface area contributed by atoms with Gasteiger partial charge in [0.05, 0.1) is 10.6 Å². The highest BCUT2D eigenvalue weighted by molar-refractivity contribution is 6.34. The molecule has 0 radical (unpaired) electrons. The van der Waals surface area contributed by atoms with Crippen LogP contribution >= 0.6 is 11.6 Å². The van der Waals surface area contributed by atoms with Gasteiger partial charge in [0.15, 0.2) is 0 Å². The van der Waals surface area contributed by atoms with Crippen LogP contribution in [0.3, 0.4) is 0 Å². The number of carbonyl (C=O) groups is 1. The summed E-state index contributed by atoms with van der Waals surface area (Å²) < 4.78 is 13.9. The Labute approximate surface area is 138 Å². The maximum absolute atomic E-state index is 13.9. The minimum atomic E-state index is -0.655. The van der Waals surface area contributed by atoms with Crippen LogP contribution in [0.15, 0.2) is 36.3 Å². The van der Waals surface area contributed by atoms with E-state index in [1.54, 1.807) is 13.0 Å². The van der Waals surface area contributed by atoms with Crippen molar-refractivity contribution in [1.29, 1.82) is 0 Å². The lowest BCUT2D eigenvalue weighted by Gasteiger charge is -2.20. The average Bonchev–Trinajstić information content (AvgIpc) is 2.52. The van der Waals surface area contributed by atoms with Crippen molar-refractivity contribution >= 4 is 17.5 Å². The molecule has 1 atom stereocenters. The van der Waals surface area contributed by atoms with Crippen LogP contribution in [0.2, 0.25) is 5.02 Å². The van der Waals surface area contributed by atoms with Gasteiger partial charge in [0, 0.05) is 6.04 Å². The summed E-state index contributed by atoms with van der Waals surface area (Å²) in [5.74, 6) is -1.22. The molecule has 0 aromatic heterocycles. The van der Waals surface area contributed by atoms with Gasteiger partial charge in [-0.05, 0) is 49.6 Å². The molecule has 2 rings (SSSR count). The summed E-state index contributed by atoms with van der Waals surface area (Å²) in [4.78, 5) is 21.7. The van der Waals surface area contributed by atoms with Gasteiger partial charge in [-0.1, -0.05) is 17.7 Å². The minimum absolute atomic E-state index is 0.113. The molecule has 1 aliphatic rings. The van der Waals surface area contributed by atoms with Crippen LogP contribution in [0.4, 0.5) is 4.39 Å². The van der Waals surface area contributed by atoms with E-state index < -0.39 is 11.7 Å². The Morgan fingerprint density at radius 2 is 2.22 bits per heavy atom. The van der Waals surface area contributed by atoms with Gasteiger partial charge in [-0.3, -0.25) is 14.6 Å². The molecule has 124 valence electrons. The number of nitrogens with two attached hydrogens (primary N) is 1. The Kier molecular flexibility index (Phi) is 6.01. The third-order valence-corrected chi connectivity index (χ3v) is 3.92. The zero-order valence-electron chi connectivity index (χ0n) is 12.6. The van der Waals surface area contributed by atoms with E-state index in [2.05, 4.69) is 10.2 Å². The molecule has 1 amide bonds. The van der Waals surface area contributed by atoms with Crippen molar-refractivity contribution < 1.29 is 19.0 Å². The summed E-state index contributed by atoms with van der Waals surface area (Å²) in [5.41, 5.74) is 6.90. The lowest BCUT2D eigenvalue weighted by atomic mass is 10.0. The number of allylic oxidation sites excluding steroid dienone is 1. The minimum Gasteiger partial charge on any atom is -0.349 e. The maximum atomic E-state index is 13.9. The second-order valence-corrected chi connectivity index (χ2v) is 5.57. The third-order valence-electron chi connectivity index (χ3n) is 3.44. The van der Waals surface area contributed by atoms with Crippen molar-refractivity contribution in [1.82, 2.24) is 5.32 Å². The molecular weight excluding hydrogens is 323 g/mol. The smallest absolute Gasteiger partial charge is 0.256 e. The van der Waals surface area contributed by atoms with Gasteiger partial charge in [-0.25, -0.2) is 4.39 Å². The quantitative estimate of drug-likeness (QED) is 0.781. The molecule has 5 nitrogen and oxygen atoms in total. The number of rotatable bonds is 6. The van der Waals surface area contributed by atoms with Gasteiger partial charge < -0.3 is 11.1 Å². The van der Waals surface area contributed by atoms with Crippen LogP contribution in [0.5, 0.6) is 0 Å². The first-order valence-corrected chi connectivity index (χ1v) is 7.54. The Morgan fingerprint density at radius 3 is 2.87 bits per heavy atom. The van der Waals surface area contributed by atoms with Gasteiger partial charge in [0.1, 0.15) is 18.3 Å². The topological polar surface area (TPSA) is 73.6 Å². The lowest BCUT2D eigenvalue weighted by Crippen LogP contribution is -2.37. The fraction of sp³-hybridized carbons (Fsp3) is 0.312. The summed E-state index contributed by atoms with van der Waals surface area (Å²) in [5, 5.41) is 2.89. The van der Waals surface area contributed by atoms with E-state index in [1.807, 2.05) is 0 Å². The zero-order chi connectivity index (χ0) is 16.8. The number of hydrogen-bond donors (Lipinski definition) is 2. The van der Waals surface area contributed by atoms with Gasteiger partial charge in [-0.2, -0.15) is 0 Å². The van der Waals surface area contributed by atoms with E-state index in [0.29, 0.717) is 24.9 Å². The van der Waals surface area contributed by atoms with Crippen LogP contribution in [0.25, 0.3) is 0 Å². The first-order valence-electron chi connectivity index (χ1n) is 7.16. The molecule has 23 heavy (non-hydrogen) atoms. The first kappa shape index (κ1) is 17.3. The first-order chi connectivity index (χ1) is 11.0. The highest BCUT2D eigenvalue weighted by atomic mass is 35.5. The Hall–Kier alpha value is -2.05. The normalized spacial score (nSPS) is 14.5. The summed E-state index contributed by atoms with van der Waals surface area (Å²) in [7, 11) is 0. The van der Waals surface area contributed by atoms with Crippen LogP contribution < -0.4 is 11.1 Å². The number of carbonyl (C=O) groups excluding carboxylic acids is 1. The van der Waals surface area contributed by atoms with Crippen molar-refractivity contribution in [2.75, 3.05) is 6.54 Å². The number of nitrogens with one attached hydrogen (secondary N) is 1. The van der Waals surface area contributed by atoms with Crippen molar-refractivity contribution in [3.05, 3.63) is 58.3 Å². The van der Waals surface area contributed by atoms with E-state index in [9.17, 15) is 9.18 Å². The lowest BCUT2D eigenvalue weighted by molar-refractivity contribution is -0.199. The zero-order valence-corrected chi connectivity index (χ0v) is 13.4. The van der Waals surface area contributed by atoms with Crippen molar-refractivity contribution in [2.45, 2.75) is 25.8 Å². The Morgan fingerprint density at radius 1 is 1.43 bits per heavy atom. The summed E-state index contributed by atoms with van der Waals surface area (Å²) in [6.45, 7) is 2.09. The monoisotopic (exact) mass is 340 g/mol.